The molecular formula is C30H23N3O5S. The SMILES string of the molecule is CC(=O)ON=C(C)c1ccc2c(c1)c1cc(C(=O)c3cccs3)ccc1n2-c1ccc(/C=N\OC(C)=O)cc1. The quantitative estimate of drug-likeness (QED) is 0.106. The van der Waals surface area contributed by atoms with E-state index in [1.165, 1.54) is 31.4 Å². The number of aromatic nitrogens is 1. The maximum atomic E-state index is 13.1. The van der Waals surface area contributed by atoms with Crippen molar-refractivity contribution >= 4 is 62.8 Å². The van der Waals surface area contributed by atoms with Crippen molar-refractivity contribution < 1.29 is 24.1 Å². The minimum Gasteiger partial charge on any atom is -0.319 e. The Labute approximate surface area is 227 Å². The number of hydrogen-bond donors (Lipinski definition) is 0. The molecule has 0 N–H and O–H groups in total. The molecule has 9 heteroatoms. The minimum absolute atomic E-state index is 0.0343. The van der Waals surface area contributed by atoms with Crippen molar-refractivity contribution in [3.8, 4) is 5.69 Å². The number of nitrogens with zero attached hydrogens (tertiary/aromatic N) is 3. The van der Waals surface area contributed by atoms with Crippen molar-refractivity contribution in [2.45, 2.75) is 20.8 Å². The predicted octanol–water partition coefficient (Wildman–Crippen LogP) is 6.26. The van der Waals surface area contributed by atoms with Gasteiger partial charge < -0.3 is 14.2 Å². The van der Waals surface area contributed by atoms with Crippen LogP contribution in [0.4, 0.5) is 0 Å². The highest BCUT2D eigenvalue weighted by molar-refractivity contribution is 7.12. The Hall–Kier alpha value is -4.89. The molecule has 0 radical (unpaired) electrons. The van der Waals surface area contributed by atoms with Crippen LogP contribution in [-0.2, 0) is 19.3 Å². The Kier molecular flexibility index (Phi) is 7.16. The summed E-state index contributed by atoms with van der Waals surface area (Å²) in [5.74, 6) is -1.02. The standard InChI is InChI=1S/C30H23N3O5S/c1-18(32-38-20(3)35)22-8-12-27-25(15-22)26-16-23(30(36)29-5-4-14-39-29)9-13-28(26)33(27)24-10-6-21(7-11-24)17-31-37-19(2)34/h4-17H,1-3H3/b31-17-,32-18?. The van der Waals surface area contributed by atoms with E-state index < -0.39 is 11.9 Å². The molecule has 0 amide bonds. The van der Waals surface area contributed by atoms with Gasteiger partial charge in [0.25, 0.3) is 0 Å². The Morgan fingerprint density at radius 1 is 0.795 bits per heavy atom. The first-order chi connectivity index (χ1) is 18.8. The van der Waals surface area contributed by atoms with Crippen LogP contribution in [-0.4, -0.2) is 34.2 Å². The van der Waals surface area contributed by atoms with Gasteiger partial charge in [0.05, 0.1) is 27.8 Å². The third-order valence-corrected chi connectivity index (χ3v) is 6.90. The number of carbonyl (C=O) groups excluding carboxylic acids is 3. The van der Waals surface area contributed by atoms with Crippen LogP contribution < -0.4 is 0 Å². The number of ketones is 1. The summed E-state index contributed by atoms with van der Waals surface area (Å²) >= 11 is 1.41. The first-order valence-electron chi connectivity index (χ1n) is 12.0. The van der Waals surface area contributed by atoms with Gasteiger partial charge in [-0.05, 0) is 72.0 Å². The average molecular weight is 538 g/mol. The summed E-state index contributed by atoms with van der Waals surface area (Å²) in [6.07, 6.45) is 1.47. The van der Waals surface area contributed by atoms with Crippen molar-refractivity contribution in [1.82, 2.24) is 4.57 Å². The highest BCUT2D eigenvalue weighted by Crippen LogP contribution is 2.34. The van der Waals surface area contributed by atoms with Crippen LogP contribution in [0.5, 0.6) is 0 Å². The van der Waals surface area contributed by atoms with Crippen molar-refractivity contribution in [3.05, 3.63) is 99.7 Å². The molecule has 0 aliphatic heterocycles. The number of rotatable bonds is 7. The van der Waals surface area contributed by atoms with Crippen LogP contribution in [0.3, 0.4) is 0 Å². The first-order valence-corrected chi connectivity index (χ1v) is 12.9. The van der Waals surface area contributed by atoms with Crippen molar-refractivity contribution in [2.24, 2.45) is 10.3 Å². The molecule has 0 spiro atoms. The molecule has 0 bridgehead atoms. The Morgan fingerprint density at radius 3 is 2.05 bits per heavy atom. The zero-order valence-electron chi connectivity index (χ0n) is 21.4. The molecule has 3 aromatic carbocycles. The Morgan fingerprint density at radius 2 is 1.44 bits per heavy atom. The topological polar surface area (TPSA) is 99.3 Å². The van der Waals surface area contributed by atoms with Crippen LogP contribution in [0.15, 0.2) is 88.5 Å². The summed E-state index contributed by atoms with van der Waals surface area (Å²) in [5.41, 5.74) is 5.44. The van der Waals surface area contributed by atoms with Gasteiger partial charge in [-0.3, -0.25) is 4.79 Å². The minimum atomic E-state index is -0.495. The molecule has 0 aliphatic carbocycles. The van der Waals surface area contributed by atoms with Gasteiger partial charge in [-0.2, -0.15) is 0 Å². The molecule has 0 fully saturated rings. The highest BCUT2D eigenvalue weighted by Gasteiger charge is 2.17. The van der Waals surface area contributed by atoms with E-state index in [2.05, 4.69) is 19.7 Å². The first kappa shape index (κ1) is 25.7. The number of fused-ring (bicyclic) bond motifs is 3. The third-order valence-electron chi connectivity index (χ3n) is 6.04. The lowest BCUT2D eigenvalue weighted by atomic mass is 10.0. The number of carbonyl (C=O) groups is 3. The fraction of sp³-hybridized carbons (Fsp3) is 0.100. The van der Waals surface area contributed by atoms with E-state index in [0.29, 0.717) is 16.2 Å². The van der Waals surface area contributed by atoms with Gasteiger partial charge in [0.15, 0.2) is 0 Å². The van der Waals surface area contributed by atoms with Gasteiger partial charge in [0.1, 0.15) is 0 Å². The lowest BCUT2D eigenvalue weighted by Crippen LogP contribution is -1.99. The predicted molar refractivity (Wildman–Crippen MR) is 152 cm³/mol. The zero-order valence-corrected chi connectivity index (χ0v) is 22.2. The molecule has 0 atom stereocenters. The maximum Gasteiger partial charge on any atom is 0.331 e. The van der Waals surface area contributed by atoms with Gasteiger partial charge in [0.2, 0.25) is 5.78 Å². The summed E-state index contributed by atoms with van der Waals surface area (Å²) < 4.78 is 2.11. The molecule has 8 nitrogen and oxygen atoms in total. The zero-order chi connectivity index (χ0) is 27.5. The van der Waals surface area contributed by atoms with E-state index in [9.17, 15) is 14.4 Å². The number of oxime groups is 2. The highest BCUT2D eigenvalue weighted by atomic mass is 32.1. The average Bonchev–Trinajstić information content (AvgIpc) is 3.58. The van der Waals surface area contributed by atoms with E-state index in [-0.39, 0.29) is 5.78 Å². The molecule has 0 saturated carbocycles. The lowest BCUT2D eigenvalue weighted by Gasteiger charge is -2.09. The van der Waals surface area contributed by atoms with Crippen LogP contribution in [0.2, 0.25) is 0 Å². The van der Waals surface area contributed by atoms with Crippen LogP contribution in [0.1, 0.15) is 47.1 Å². The number of benzene rings is 3. The van der Waals surface area contributed by atoms with E-state index in [1.54, 1.807) is 6.92 Å². The fourth-order valence-electron chi connectivity index (χ4n) is 4.27. The number of hydrogen-bond acceptors (Lipinski definition) is 8. The second kappa shape index (κ2) is 10.8. The van der Waals surface area contributed by atoms with Crippen LogP contribution >= 0.6 is 11.3 Å². The second-order valence-electron chi connectivity index (χ2n) is 8.77. The van der Waals surface area contributed by atoms with Crippen molar-refractivity contribution in [1.29, 1.82) is 0 Å². The Bertz CT molecular complexity index is 1780. The smallest absolute Gasteiger partial charge is 0.319 e. The molecule has 0 unspecified atom stereocenters. The maximum absolute atomic E-state index is 13.1. The van der Waals surface area contributed by atoms with E-state index in [4.69, 9.17) is 4.84 Å². The van der Waals surface area contributed by atoms with Crippen LogP contribution in [0.25, 0.3) is 27.5 Å². The van der Waals surface area contributed by atoms with Crippen molar-refractivity contribution in [3.63, 3.8) is 0 Å². The fourth-order valence-corrected chi connectivity index (χ4v) is 4.96. The molecule has 5 rings (SSSR count). The lowest BCUT2D eigenvalue weighted by molar-refractivity contribution is -0.141. The van der Waals surface area contributed by atoms with E-state index in [0.717, 1.165) is 38.6 Å². The molecule has 2 heterocycles. The van der Waals surface area contributed by atoms with Gasteiger partial charge in [-0.15, -0.1) is 11.3 Å². The molecule has 2 aromatic heterocycles. The monoisotopic (exact) mass is 537 g/mol. The summed E-state index contributed by atoms with van der Waals surface area (Å²) in [6.45, 7) is 4.36. The van der Waals surface area contributed by atoms with Crippen LogP contribution in [0, 0.1) is 0 Å². The van der Waals surface area contributed by atoms with Gasteiger partial charge in [-0.25, -0.2) is 9.59 Å². The summed E-state index contributed by atoms with van der Waals surface area (Å²) in [4.78, 5) is 45.5. The van der Waals surface area contributed by atoms with Gasteiger partial charge >= 0.3 is 11.9 Å². The number of thiophene rings is 1. The third kappa shape index (κ3) is 5.39. The Balaban J connectivity index is 1.66. The molecular weight excluding hydrogens is 514 g/mol. The largest absolute Gasteiger partial charge is 0.331 e. The van der Waals surface area contributed by atoms with E-state index >= 15 is 0 Å². The second-order valence-corrected chi connectivity index (χ2v) is 9.72. The summed E-state index contributed by atoms with van der Waals surface area (Å²) in [7, 11) is 0. The molecule has 0 aliphatic rings. The summed E-state index contributed by atoms with van der Waals surface area (Å²) in [6, 6.07) is 22.9. The van der Waals surface area contributed by atoms with E-state index in [1.807, 2.05) is 78.2 Å². The molecule has 39 heavy (non-hydrogen) atoms. The molecule has 194 valence electrons. The molecule has 0 saturated heterocycles. The normalized spacial score (nSPS) is 11.8. The molecule has 5 aromatic rings. The van der Waals surface area contributed by atoms with Gasteiger partial charge in [0, 0.05) is 35.9 Å². The van der Waals surface area contributed by atoms with Gasteiger partial charge in [-0.1, -0.05) is 34.6 Å². The van der Waals surface area contributed by atoms with Crippen molar-refractivity contribution in [2.75, 3.05) is 0 Å². The summed E-state index contributed by atoms with van der Waals surface area (Å²) in [5, 5.41) is 11.3.